The fraction of sp³-hybridized carbons (Fsp3) is 0.238. The molecule has 0 spiro atoms. The lowest BCUT2D eigenvalue weighted by molar-refractivity contribution is -0.114. The molecule has 1 amide bonds. The highest BCUT2D eigenvalue weighted by atomic mass is 19.3. The molecular weight excluding hydrogens is 406 g/mol. The lowest BCUT2D eigenvalue weighted by Crippen LogP contribution is -2.13. The normalized spacial score (nSPS) is 13.1. The second-order valence-electron chi connectivity index (χ2n) is 7.19. The summed E-state index contributed by atoms with van der Waals surface area (Å²) in [6, 6.07) is 6.43. The van der Waals surface area contributed by atoms with Crippen LogP contribution in [0, 0.1) is 0 Å². The first kappa shape index (κ1) is 20.5. The van der Waals surface area contributed by atoms with Crippen LogP contribution in [0.5, 0.6) is 0 Å². The molecule has 3 heterocycles. The summed E-state index contributed by atoms with van der Waals surface area (Å²) in [7, 11) is 0. The summed E-state index contributed by atoms with van der Waals surface area (Å²) >= 11 is 0. The molecule has 10 heteroatoms. The average molecular weight is 424 g/mol. The summed E-state index contributed by atoms with van der Waals surface area (Å²) < 4.78 is 27.3. The van der Waals surface area contributed by atoms with Crippen molar-refractivity contribution in [2.75, 3.05) is 10.6 Å². The maximum Gasteiger partial charge on any atom is 0.303 e. The molecule has 2 N–H and O–H groups in total. The van der Waals surface area contributed by atoms with Crippen molar-refractivity contribution < 1.29 is 18.4 Å². The molecule has 0 unspecified atom stereocenters. The monoisotopic (exact) mass is 424 g/mol. The zero-order valence-electron chi connectivity index (χ0n) is 16.7. The first-order chi connectivity index (χ1) is 14.7. The van der Waals surface area contributed by atoms with E-state index in [1.165, 1.54) is 25.4 Å². The summed E-state index contributed by atoms with van der Waals surface area (Å²) in [5, 5.41) is 5.58. The highest BCUT2D eigenvalue weighted by Crippen LogP contribution is 2.33. The molecule has 0 saturated carbocycles. The highest BCUT2D eigenvalue weighted by molar-refractivity contribution is 6.00. The Morgan fingerprint density at radius 3 is 2.61 bits per heavy atom. The minimum Gasteiger partial charge on any atom is -0.339 e. The molecule has 0 fully saturated rings. The molecule has 0 bridgehead atoms. The van der Waals surface area contributed by atoms with Gasteiger partial charge in [-0.1, -0.05) is 0 Å². The number of carbonyl (C=O) groups is 2. The Kier molecular flexibility index (Phi) is 5.14. The van der Waals surface area contributed by atoms with Gasteiger partial charge >= 0.3 is 5.92 Å². The van der Waals surface area contributed by atoms with E-state index in [9.17, 15) is 18.4 Å². The number of carbonyl (C=O) groups excluding carboxylic acids is 2. The van der Waals surface area contributed by atoms with E-state index in [0.717, 1.165) is 0 Å². The van der Waals surface area contributed by atoms with Crippen molar-refractivity contribution in [3.63, 3.8) is 0 Å². The van der Waals surface area contributed by atoms with Crippen molar-refractivity contribution >= 4 is 29.0 Å². The number of ketones is 1. The van der Waals surface area contributed by atoms with Gasteiger partial charge in [0, 0.05) is 49.9 Å². The minimum atomic E-state index is -3.20. The number of amides is 1. The number of hydrogen-bond donors (Lipinski definition) is 2. The van der Waals surface area contributed by atoms with Gasteiger partial charge in [0.25, 0.3) is 0 Å². The van der Waals surface area contributed by atoms with Crippen LogP contribution in [-0.4, -0.2) is 31.6 Å². The molecule has 0 aromatic carbocycles. The quantitative estimate of drug-likeness (QED) is 0.640. The number of Topliss-reactive ketones (excluding diaryl/α,β-unsaturated/α-hetero) is 1. The van der Waals surface area contributed by atoms with Gasteiger partial charge in [-0.05, 0) is 24.6 Å². The molecule has 3 aromatic heterocycles. The fourth-order valence-electron chi connectivity index (χ4n) is 3.25. The predicted octanol–water partition coefficient (Wildman–Crippen LogP) is 3.88. The Morgan fingerprint density at radius 1 is 1.06 bits per heavy atom. The van der Waals surface area contributed by atoms with Gasteiger partial charge < -0.3 is 10.6 Å². The number of aromatic nitrogens is 4. The Labute approximate surface area is 176 Å². The predicted molar refractivity (Wildman–Crippen MR) is 109 cm³/mol. The molecule has 31 heavy (non-hydrogen) atoms. The van der Waals surface area contributed by atoms with Gasteiger partial charge in [-0.15, -0.1) is 0 Å². The van der Waals surface area contributed by atoms with Crippen molar-refractivity contribution in [3.8, 4) is 11.3 Å². The van der Waals surface area contributed by atoms with Crippen LogP contribution in [0.25, 0.3) is 11.3 Å². The number of anilines is 3. The SMILES string of the molecule is CC(=O)Nc1cc(Nc2ccnc(C(C)(F)F)n2)c(-c2ccc3c(n2)CCC3=O)cn1. The Morgan fingerprint density at radius 2 is 1.87 bits per heavy atom. The lowest BCUT2D eigenvalue weighted by Gasteiger charge is -2.15. The number of nitrogens with zero attached hydrogens (tertiary/aromatic N) is 4. The Hall–Kier alpha value is -3.82. The number of hydrogen-bond acceptors (Lipinski definition) is 7. The van der Waals surface area contributed by atoms with Gasteiger partial charge in [-0.25, -0.2) is 15.0 Å². The Balaban J connectivity index is 1.76. The number of halogens is 2. The van der Waals surface area contributed by atoms with Crippen molar-refractivity contribution in [2.24, 2.45) is 0 Å². The summed E-state index contributed by atoms with van der Waals surface area (Å²) in [5.41, 5.74) is 2.85. The van der Waals surface area contributed by atoms with Gasteiger partial charge in [0.05, 0.1) is 17.1 Å². The van der Waals surface area contributed by atoms with Crippen LogP contribution in [0.1, 0.15) is 42.1 Å². The van der Waals surface area contributed by atoms with Gasteiger partial charge in [-0.3, -0.25) is 14.6 Å². The number of rotatable bonds is 5. The molecule has 1 aliphatic rings. The number of fused-ring (bicyclic) bond motifs is 1. The maximum absolute atomic E-state index is 13.6. The van der Waals surface area contributed by atoms with E-state index in [1.54, 1.807) is 18.2 Å². The van der Waals surface area contributed by atoms with Crippen molar-refractivity contribution in [1.82, 2.24) is 19.9 Å². The van der Waals surface area contributed by atoms with E-state index in [-0.39, 0.29) is 23.3 Å². The van der Waals surface area contributed by atoms with E-state index >= 15 is 0 Å². The lowest BCUT2D eigenvalue weighted by atomic mass is 10.1. The first-order valence-electron chi connectivity index (χ1n) is 9.50. The molecule has 0 aliphatic heterocycles. The molecule has 3 aromatic rings. The van der Waals surface area contributed by atoms with Gasteiger partial charge in [0.1, 0.15) is 11.6 Å². The van der Waals surface area contributed by atoms with Gasteiger partial charge in [-0.2, -0.15) is 8.78 Å². The third-order valence-corrected chi connectivity index (χ3v) is 4.66. The van der Waals surface area contributed by atoms with Crippen molar-refractivity contribution in [3.05, 3.63) is 53.7 Å². The van der Waals surface area contributed by atoms with Crippen LogP contribution in [-0.2, 0) is 17.1 Å². The van der Waals surface area contributed by atoms with E-state index in [1.807, 2.05) is 0 Å². The second-order valence-corrected chi connectivity index (χ2v) is 7.19. The standard InChI is InChI=1S/C21H18F2N6O2/c1-11(30)26-19-9-16(28-18-7-8-24-20(29-18)21(2,22)23)13(10-25-19)15-4-3-12-14(27-15)5-6-17(12)31/h3-4,7-10H,5-6H2,1-2H3,(H2,24,25,26,28,29,30). The fourth-order valence-corrected chi connectivity index (χ4v) is 3.25. The third kappa shape index (κ3) is 4.37. The van der Waals surface area contributed by atoms with Crippen LogP contribution in [0.15, 0.2) is 36.7 Å². The van der Waals surface area contributed by atoms with E-state index in [2.05, 4.69) is 30.6 Å². The number of nitrogens with one attached hydrogen (secondary N) is 2. The number of alkyl halides is 2. The molecule has 0 radical (unpaired) electrons. The number of aryl methyl sites for hydroxylation is 1. The van der Waals surface area contributed by atoms with Crippen molar-refractivity contribution in [2.45, 2.75) is 32.6 Å². The molecule has 0 atom stereocenters. The van der Waals surface area contributed by atoms with Crippen LogP contribution in [0.3, 0.4) is 0 Å². The summed E-state index contributed by atoms with van der Waals surface area (Å²) in [6.07, 6.45) is 3.72. The summed E-state index contributed by atoms with van der Waals surface area (Å²) in [5.74, 6) is -3.66. The molecule has 158 valence electrons. The number of pyridine rings is 2. The first-order valence-corrected chi connectivity index (χ1v) is 9.50. The van der Waals surface area contributed by atoms with Crippen LogP contribution >= 0.6 is 0 Å². The summed E-state index contributed by atoms with van der Waals surface area (Å²) in [4.78, 5) is 39.7. The van der Waals surface area contributed by atoms with Crippen molar-refractivity contribution in [1.29, 1.82) is 0 Å². The van der Waals surface area contributed by atoms with Gasteiger partial charge in [0.15, 0.2) is 5.78 Å². The molecular formula is C21H18F2N6O2. The van der Waals surface area contributed by atoms with E-state index < -0.39 is 11.7 Å². The average Bonchev–Trinajstić information content (AvgIpc) is 3.07. The molecule has 0 saturated heterocycles. The largest absolute Gasteiger partial charge is 0.339 e. The second kappa shape index (κ2) is 7.78. The van der Waals surface area contributed by atoms with E-state index in [4.69, 9.17) is 0 Å². The third-order valence-electron chi connectivity index (χ3n) is 4.66. The Bertz CT molecular complexity index is 1190. The molecule has 1 aliphatic carbocycles. The topological polar surface area (TPSA) is 110 Å². The zero-order chi connectivity index (χ0) is 22.2. The van der Waals surface area contributed by atoms with Crippen LogP contribution in [0.2, 0.25) is 0 Å². The molecule has 4 rings (SSSR count). The van der Waals surface area contributed by atoms with Gasteiger partial charge in [0.2, 0.25) is 11.7 Å². The minimum absolute atomic E-state index is 0.0561. The van der Waals surface area contributed by atoms with Crippen LogP contribution in [0.4, 0.5) is 26.1 Å². The van der Waals surface area contributed by atoms with Crippen LogP contribution < -0.4 is 10.6 Å². The molecule has 8 nitrogen and oxygen atoms in total. The van der Waals surface area contributed by atoms with E-state index in [0.29, 0.717) is 48.0 Å². The smallest absolute Gasteiger partial charge is 0.303 e. The zero-order valence-corrected chi connectivity index (χ0v) is 16.7. The summed E-state index contributed by atoms with van der Waals surface area (Å²) in [6.45, 7) is 2.07. The highest BCUT2D eigenvalue weighted by Gasteiger charge is 2.28. The maximum atomic E-state index is 13.6.